The van der Waals surface area contributed by atoms with Crippen LogP contribution in [0.3, 0.4) is 0 Å². The minimum Gasteiger partial charge on any atom is -0.480 e. The molecule has 6 nitrogen and oxygen atoms in total. The predicted molar refractivity (Wildman–Crippen MR) is 72.1 cm³/mol. The van der Waals surface area contributed by atoms with Crippen LogP contribution in [0.25, 0.3) is 0 Å². The first kappa shape index (κ1) is 12.8. The SMILES string of the molecule is COc1nc(N(C)C)sc1CNCc1ncc[nH]1. The van der Waals surface area contributed by atoms with Crippen LogP contribution >= 0.6 is 11.3 Å². The average Bonchev–Trinajstić information content (AvgIpc) is 2.97. The fraction of sp³-hybridized carbons (Fsp3) is 0.455. The third kappa shape index (κ3) is 2.99. The predicted octanol–water partition coefficient (Wildman–Crippen LogP) is 1.23. The van der Waals surface area contributed by atoms with Crippen molar-refractivity contribution < 1.29 is 4.74 Å². The quantitative estimate of drug-likeness (QED) is 0.824. The van der Waals surface area contributed by atoms with Crippen LogP contribution in [0, 0.1) is 0 Å². The summed E-state index contributed by atoms with van der Waals surface area (Å²) >= 11 is 1.63. The lowest BCUT2D eigenvalue weighted by atomic mass is 10.5. The number of thiazole rings is 1. The molecule has 0 saturated heterocycles. The van der Waals surface area contributed by atoms with Gasteiger partial charge in [-0.05, 0) is 0 Å². The molecule has 0 aromatic carbocycles. The van der Waals surface area contributed by atoms with E-state index < -0.39 is 0 Å². The monoisotopic (exact) mass is 267 g/mol. The number of aromatic amines is 1. The summed E-state index contributed by atoms with van der Waals surface area (Å²) in [6.45, 7) is 1.42. The molecule has 2 heterocycles. The molecule has 2 aromatic heterocycles. The first-order valence-corrected chi connectivity index (χ1v) is 6.42. The Kier molecular flexibility index (Phi) is 4.16. The van der Waals surface area contributed by atoms with E-state index in [4.69, 9.17) is 4.74 Å². The van der Waals surface area contributed by atoms with Crippen molar-refractivity contribution in [2.75, 3.05) is 26.1 Å². The molecule has 7 heteroatoms. The molecular formula is C11H17N5OS. The number of methoxy groups -OCH3 is 1. The summed E-state index contributed by atoms with van der Waals surface area (Å²) in [4.78, 5) is 14.7. The number of anilines is 1. The summed E-state index contributed by atoms with van der Waals surface area (Å²) in [7, 11) is 5.58. The molecule has 0 aliphatic carbocycles. The van der Waals surface area contributed by atoms with Crippen LogP contribution in [0.1, 0.15) is 10.7 Å². The highest BCUT2D eigenvalue weighted by Crippen LogP contribution is 2.30. The van der Waals surface area contributed by atoms with Crippen molar-refractivity contribution in [3.05, 3.63) is 23.1 Å². The highest BCUT2D eigenvalue weighted by atomic mass is 32.1. The highest BCUT2D eigenvalue weighted by Gasteiger charge is 2.12. The van der Waals surface area contributed by atoms with Crippen LogP contribution < -0.4 is 15.0 Å². The number of rotatable bonds is 6. The van der Waals surface area contributed by atoms with E-state index in [2.05, 4.69) is 20.3 Å². The molecule has 0 amide bonds. The molecule has 0 unspecified atom stereocenters. The van der Waals surface area contributed by atoms with Crippen LogP contribution in [-0.4, -0.2) is 36.2 Å². The summed E-state index contributed by atoms with van der Waals surface area (Å²) in [6.07, 6.45) is 3.56. The lowest BCUT2D eigenvalue weighted by molar-refractivity contribution is 0.394. The lowest BCUT2D eigenvalue weighted by Gasteiger charge is -2.04. The minimum atomic E-state index is 0.690. The zero-order chi connectivity index (χ0) is 13.0. The second-order valence-electron chi connectivity index (χ2n) is 3.96. The van der Waals surface area contributed by atoms with E-state index in [1.54, 1.807) is 24.6 Å². The number of imidazole rings is 1. The Bertz CT molecular complexity index is 480. The van der Waals surface area contributed by atoms with Gasteiger partial charge >= 0.3 is 0 Å². The summed E-state index contributed by atoms with van der Waals surface area (Å²) < 4.78 is 5.27. The normalized spacial score (nSPS) is 10.6. The third-order valence-electron chi connectivity index (χ3n) is 2.36. The van der Waals surface area contributed by atoms with Crippen molar-refractivity contribution in [2.45, 2.75) is 13.1 Å². The number of hydrogen-bond acceptors (Lipinski definition) is 6. The van der Waals surface area contributed by atoms with E-state index in [0.717, 1.165) is 22.4 Å². The zero-order valence-corrected chi connectivity index (χ0v) is 11.5. The summed E-state index contributed by atoms with van der Waals surface area (Å²) in [6, 6.07) is 0. The van der Waals surface area contributed by atoms with E-state index in [-0.39, 0.29) is 0 Å². The third-order valence-corrected chi connectivity index (χ3v) is 3.56. The molecule has 0 saturated carbocycles. The van der Waals surface area contributed by atoms with Gasteiger partial charge in [0.05, 0.1) is 18.5 Å². The van der Waals surface area contributed by atoms with Crippen LogP contribution in [0.5, 0.6) is 5.88 Å². The van der Waals surface area contributed by atoms with E-state index in [9.17, 15) is 0 Å². The van der Waals surface area contributed by atoms with Gasteiger partial charge in [-0.15, -0.1) is 0 Å². The molecule has 0 bridgehead atoms. The number of aromatic nitrogens is 3. The molecule has 0 spiro atoms. The molecule has 0 atom stereocenters. The van der Waals surface area contributed by atoms with Crippen LogP contribution in [0.4, 0.5) is 5.13 Å². The molecule has 2 aromatic rings. The van der Waals surface area contributed by atoms with Gasteiger partial charge < -0.3 is 19.9 Å². The van der Waals surface area contributed by atoms with Crippen molar-refractivity contribution in [1.82, 2.24) is 20.3 Å². The second kappa shape index (κ2) is 5.83. The Morgan fingerprint density at radius 2 is 2.28 bits per heavy atom. The highest BCUT2D eigenvalue weighted by molar-refractivity contribution is 7.15. The maximum atomic E-state index is 5.27. The smallest absolute Gasteiger partial charge is 0.230 e. The minimum absolute atomic E-state index is 0.690. The Morgan fingerprint density at radius 3 is 2.89 bits per heavy atom. The van der Waals surface area contributed by atoms with Gasteiger partial charge in [-0.1, -0.05) is 11.3 Å². The largest absolute Gasteiger partial charge is 0.480 e. The fourth-order valence-corrected chi connectivity index (χ4v) is 2.40. The van der Waals surface area contributed by atoms with Gasteiger partial charge in [0.1, 0.15) is 5.82 Å². The molecule has 0 aliphatic heterocycles. The van der Waals surface area contributed by atoms with Gasteiger partial charge in [0.25, 0.3) is 0 Å². The Balaban J connectivity index is 1.95. The van der Waals surface area contributed by atoms with Gasteiger partial charge in [-0.2, -0.15) is 4.98 Å². The first-order valence-electron chi connectivity index (χ1n) is 5.60. The van der Waals surface area contributed by atoms with Gasteiger partial charge in [0, 0.05) is 33.0 Å². The molecular weight excluding hydrogens is 250 g/mol. The van der Waals surface area contributed by atoms with Gasteiger partial charge in [0.2, 0.25) is 5.88 Å². The standard InChI is InChI=1S/C11H17N5OS/c1-16(2)11-15-10(17-3)8(18-11)6-12-7-9-13-4-5-14-9/h4-5,12H,6-7H2,1-3H3,(H,13,14). The van der Waals surface area contributed by atoms with Crippen molar-refractivity contribution in [2.24, 2.45) is 0 Å². The molecule has 0 aliphatic rings. The van der Waals surface area contributed by atoms with E-state index in [1.165, 1.54) is 0 Å². The Hall–Kier alpha value is -1.60. The van der Waals surface area contributed by atoms with E-state index >= 15 is 0 Å². The number of hydrogen-bond donors (Lipinski definition) is 2. The average molecular weight is 267 g/mol. The van der Waals surface area contributed by atoms with Crippen molar-refractivity contribution in [3.63, 3.8) is 0 Å². The maximum Gasteiger partial charge on any atom is 0.230 e. The van der Waals surface area contributed by atoms with Crippen molar-refractivity contribution >= 4 is 16.5 Å². The maximum absolute atomic E-state index is 5.27. The van der Waals surface area contributed by atoms with Gasteiger partial charge in [0.15, 0.2) is 5.13 Å². The fourth-order valence-electron chi connectivity index (χ4n) is 1.48. The first-order chi connectivity index (χ1) is 8.70. The molecule has 0 radical (unpaired) electrons. The Labute approximate surface area is 110 Å². The molecule has 2 rings (SSSR count). The van der Waals surface area contributed by atoms with Crippen LogP contribution in [0.2, 0.25) is 0 Å². The van der Waals surface area contributed by atoms with Crippen molar-refractivity contribution in [1.29, 1.82) is 0 Å². The topological polar surface area (TPSA) is 66.1 Å². The Morgan fingerprint density at radius 1 is 1.44 bits per heavy atom. The summed E-state index contributed by atoms with van der Waals surface area (Å²) in [5.41, 5.74) is 0. The lowest BCUT2D eigenvalue weighted by Crippen LogP contribution is -2.13. The number of H-pyrrole nitrogens is 1. The summed E-state index contributed by atoms with van der Waals surface area (Å²) in [5, 5.41) is 4.26. The van der Waals surface area contributed by atoms with E-state index in [1.807, 2.05) is 25.2 Å². The molecule has 2 N–H and O–H groups in total. The van der Waals surface area contributed by atoms with Gasteiger partial charge in [-0.25, -0.2) is 4.98 Å². The number of nitrogens with zero attached hydrogens (tertiary/aromatic N) is 3. The zero-order valence-electron chi connectivity index (χ0n) is 10.7. The van der Waals surface area contributed by atoms with E-state index in [0.29, 0.717) is 12.4 Å². The number of nitrogens with one attached hydrogen (secondary N) is 2. The molecule has 98 valence electrons. The van der Waals surface area contributed by atoms with Crippen molar-refractivity contribution in [3.8, 4) is 5.88 Å². The van der Waals surface area contributed by atoms with Crippen LogP contribution in [0.15, 0.2) is 12.4 Å². The van der Waals surface area contributed by atoms with Crippen LogP contribution in [-0.2, 0) is 13.1 Å². The van der Waals surface area contributed by atoms with Gasteiger partial charge in [-0.3, -0.25) is 0 Å². The second-order valence-corrected chi connectivity index (χ2v) is 5.02. The molecule has 0 fully saturated rings. The summed E-state index contributed by atoms with van der Waals surface area (Å²) in [5.74, 6) is 1.61. The molecule has 18 heavy (non-hydrogen) atoms. The number of ether oxygens (including phenoxy) is 1.